The largest absolute Gasteiger partial charge is 0.448 e. The van der Waals surface area contributed by atoms with Crippen LogP contribution in [0.5, 0.6) is 0 Å². The molecule has 2 aliphatic heterocycles. The second kappa shape index (κ2) is 8.41. The third-order valence-electron chi connectivity index (χ3n) is 7.27. The molecule has 4 nitrogen and oxygen atoms in total. The summed E-state index contributed by atoms with van der Waals surface area (Å²) in [5, 5.41) is 0. The van der Waals surface area contributed by atoms with E-state index in [1.165, 1.54) is 28.3 Å². The van der Waals surface area contributed by atoms with Crippen LogP contribution in [0.4, 0.5) is 9.18 Å². The maximum absolute atomic E-state index is 13.8. The molecular formula is C29H26FNO3. The fourth-order valence-electron chi connectivity index (χ4n) is 5.61. The normalized spacial score (nSPS) is 21.0. The van der Waals surface area contributed by atoms with E-state index in [0.717, 1.165) is 11.1 Å². The van der Waals surface area contributed by atoms with Crippen molar-refractivity contribution in [2.45, 2.75) is 31.3 Å². The van der Waals surface area contributed by atoms with Crippen LogP contribution in [-0.2, 0) is 9.47 Å². The summed E-state index contributed by atoms with van der Waals surface area (Å²) >= 11 is 0. The second-order valence-electron chi connectivity index (χ2n) is 9.33. The fraction of sp³-hybridized carbons (Fsp3) is 0.276. The zero-order chi connectivity index (χ0) is 23.2. The zero-order valence-corrected chi connectivity index (χ0v) is 19.0. The van der Waals surface area contributed by atoms with Crippen LogP contribution in [0.3, 0.4) is 0 Å². The molecular weight excluding hydrogens is 429 g/mol. The van der Waals surface area contributed by atoms with Gasteiger partial charge < -0.3 is 9.47 Å². The molecule has 1 aliphatic carbocycles. The molecule has 2 unspecified atom stereocenters. The lowest BCUT2D eigenvalue weighted by atomic mass is 9.89. The minimum absolute atomic E-state index is 0.0329. The first-order chi connectivity index (χ1) is 16.6. The van der Waals surface area contributed by atoms with Crippen LogP contribution in [0, 0.1) is 12.7 Å². The Bertz CT molecular complexity index is 1250. The van der Waals surface area contributed by atoms with Gasteiger partial charge in [-0.15, -0.1) is 0 Å². The van der Waals surface area contributed by atoms with Gasteiger partial charge in [-0.3, -0.25) is 4.90 Å². The van der Waals surface area contributed by atoms with Crippen molar-refractivity contribution >= 4 is 11.7 Å². The van der Waals surface area contributed by atoms with Crippen LogP contribution < -0.4 is 0 Å². The van der Waals surface area contributed by atoms with E-state index in [-0.39, 0.29) is 29.9 Å². The average molecular weight is 456 g/mol. The Morgan fingerprint density at radius 3 is 2.41 bits per heavy atom. The van der Waals surface area contributed by atoms with Crippen molar-refractivity contribution in [1.29, 1.82) is 0 Å². The number of morpholine rings is 1. The summed E-state index contributed by atoms with van der Waals surface area (Å²) in [6.45, 7) is 2.98. The molecule has 0 spiro atoms. The number of rotatable bonds is 3. The number of carbonyl (C=O) groups excluding carboxylic acids is 1. The van der Waals surface area contributed by atoms with Crippen molar-refractivity contribution in [3.8, 4) is 11.1 Å². The first kappa shape index (κ1) is 21.1. The predicted molar refractivity (Wildman–Crippen MR) is 129 cm³/mol. The maximum Gasteiger partial charge on any atom is 0.410 e. The van der Waals surface area contributed by atoms with E-state index in [4.69, 9.17) is 9.47 Å². The SMILES string of the molecule is Cc1cc(C2=CC3COCC(C2)N3C(=O)OCC2c3ccccc3-c3ccccc32)ccc1F. The van der Waals surface area contributed by atoms with Gasteiger partial charge in [-0.1, -0.05) is 60.7 Å². The minimum Gasteiger partial charge on any atom is -0.448 e. The van der Waals surface area contributed by atoms with Crippen LogP contribution in [-0.4, -0.2) is 42.9 Å². The summed E-state index contributed by atoms with van der Waals surface area (Å²) in [5.41, 5.74) is 7.58. The van der Waals surface area contributed by atoms with Gasteiger partial charge in [-0.25, -0.2) is 9.18 Å². The lowest BCUT2D eigenvalue weighted by Gasteiger charge is -2.44. The van der Waals surface area contributed by atoms with E-state index in [1.54, 1.807) is 6.92 Å². The number of aryl methyl sites for hydroxylation is 1. The Labute approximate surface area is 198 Å². The Kier molecular flexibility index (Phi) is 5.22. The van der Waals surface area contributed by atoms with E-state index in [1.807, 2.05) is 41.3 Å². The number of halogens is 1. The summed E-state index contributed by atoms with van der Waals surface area (Å²) in [6, 6.07) is 21.6. The molecule has 2 heterocycles. The molecule has 0 radical (unpaired) electrons. The van der Waals surface area contributed by atoms with Gasteiger partial charge in [-0.05, 0) is 64.4 Å². The molecule has 6 rings (SSSR count). The molecule has 3 aromatic rings. The standard InChI is InChI=1S/C29H26FNO3/c1-18-12-19(10-11-28(18)30)20-13-21-15-33-16-22(14-20)31(21)29(32)34-17-27-25-8-4-2-6-23(25)24-7-3-5-9-26(24)27/h2-13,21-22,27H,14-17H2,1H3. The first-order valence-corrected chi connectivity index (χ1v) is 11.8. The summed E-state index contributed by atoms with van der Waals surface area (Å²) in [4.78, 5) is 15.1. The first-order valence-electron chi connectivity index (χ1n) is 11.8. The van der Waals surface area contributed by atoms with Crippen LogP contribution in [0.15, 0.2) is 72.8 Å². The van der Waals surface area contributed by atoms with Crippen molar-refractivity contribution in [2.24, 2.45) is 0 Å². The van der Waals surface area contributed by atoms with Crippen LogP contribution >= 0.6 is 0 Å². The van der Waals surface area contributed by atoms with Crippen molar-refractivity contribution in [3.05, 3.63) is 101 Å². The summed E-state index contributed by atoms with van der Waals surface area (Å²) in [7, 11) is 0. The predicted octanol–water partition coefficient (Wildman–Crippen LogP) is 5.94. The molecule has 2 bridgehead atoms. The molecule has 0 aromatic heterocycles. The highest BCUT2D eigenvalue weighted by Gasteiger charge is 2.40. The van der Waals surface area contributed by atoms with Crippen LogP contribution in [0.2, 0.25) is 0 Å². The summed E-state index contributed by atoms with van der Waals surface area (Å²) in [6.07, 6.45) is 2.43. The summed E-state index contributed by atoms with van der Waals surface area (Å²) in [5.74, 6) is -0.172. The number of benzene rings is 3. The molecule has 1 saturated heterocycles. The van der Waals surface area contributed by atoms with Gasteiger partial charge in [0.2, 0.25) is 0 Å². The smallest absolute Gasteiger partial charge is 0.410 e. The third kappa shape index (κ3) is 3.51. The van der Waals surface area contributed by atoms with Gasteiger partial charge in [-0.2, -0.15) is 0 Å². The average Bonchev–Trinajstić information content (AvgIpc) is 3.17. The molecule has 172 valence electrons. The van der Waals surface area contributed by atoms with Gasteiger partial charge >= 0.3 is 6.09 Å². The molecule has 34 heavy (non-hydrogen) atoms. The molecule has 0 N–H and O–H groups in total. The highest BCUT2D eigenvalue weighted by Crippen LogP contribution is 2.44. The van der Waals surface area contributed by atoms with Crippen molar-refractivity contribution in [2.75, 3.05) is 19.8 Å². The lowest BCUT2D eigenvalue weighted by Crippen LogP contribution is -2.56. The Balaban J connectivity index is 1.22. The zero-order valence-electron chi connectivity index (χ0n) is 19.0. The molecule has 0 saturated carbocycles. The summed E-state index contributed by atoms with van der Waals surface area (Å²) < 4.78 is 25.5. The lowest BCUT2D eigenvalue weighted by molar-refractivity contribution is -0.0331. The molecule has 5 heteroatoms. The van der Waals surface area contributed by atoms with Crippen molar-refractivity contribution in [3.63, 3.8) is 0 Å². The number of fused-ring (bicyclic) bond motifs is 5. The van der Waals surface area contributed by atoms with E-state index in [0.29, 0.717) is 31.8 Å². The molecule has 1 amide bonds. The van der Waals surface area contributed by atoms with Gasteiger partial charge in [0.25, 0.3) is 0 Å². The van der Waals surface area contributed by atoms with E-state index >= 15 is 0 Å². The number of hydrogen-bond donors (Lipinski definition) is 0. The van der Waals surface area contributed by atoms with E-state index in [2.05, 4.69) is 30.3 Å². The van der Waals surface area contributed by atoms with Crippen molar-refractivity contribution < 1.29 is 18.7 Å². The Morgan fingerprint density at radius 2 is 1.74 bits per heavy atom. The Hall–Kier alpha value is -3.44. The van der Waals surface area contributed by atoms with E-state index in [9.17, 15) is 9.18 Å². The minimum atomic E-state index is -0.300. The monoisotopic (exact) mass is 455 g/mol. The number of nitrogens with zero attached hydrogens (tertiary/aromatic N) is 1. The quantitative estimate of drug-likeness (QED) is 0.491. The second-order valence-corrected chi connectivity index (χ2v) is 9.33. The van der Waals surface area contributed by atoms with E-state index < -0.39 is 0 Å². The topological polar surface area (TPSA) is 38.8 Å². The van der Waals surface area contributed by atoms with Crippen LogP contribution in [0.25, 0.3) is 16.7 Å². The number of ether oxygens (including phenoxy) is 2. The molecule has 3 aromatic carbocycles. The molecule has 2 atom stereocenters. The molecule has 3 aliphatic rings. The highest BCUT2D eigenvalue weighted by molar-refractivity contribution is 5.79. The Morgan fingerprint density at radius 1 is 1.03 bits per heavy atom. The maximum atomic E-state index is 13.8. The number of amides is 1. The number of hydrogen-bond acceptors (Lipinski definition) is 3. The van der Waals surface area contributed by atoms with Crippen LogP contribution in [0.1, 0.15) is 34.6 Å². The number of carbonyl (C=O) groups is 1. The van der Waals surface area contributed by atoms with Gasteiger partial charge in [0.15, 0.2) is 0 Å². The highest BCUT2D eigenvalue weighted by atomic mass is 19.1. The van der Waals surface area contributed by atoms with Gasteiger partial charge in [0.05, 0.1) is 25.3 Å². The van der Waals surface area contributed by atoms with Gasteiger partial charge in [0.1, 0.15) is 12.4 Å². The fourth-order valence-corrected chi connectivity index (χ4v) is 5.61. The van der Waals surface area contributed by atoms with Gasteiger partial charge in [0, 0.05) is 5.92 Å². The van der Waals surface area contributed by atoms with Crippen molar-refractivity contribution in [1.82, 2.24) is 4.90 Å². The molecule has 1 fully saturated rings. The third-order valence-corrected chi connectivity index (χ3v) is 7.27.